The highest BCUT2D eigenvalue weighted by Gasteiger charge is 2.19. The lowest BCUT2D eigenvalue weighted by molar-refractivity contribution is 0.0996. The fraction of sp³-hybridized carbons (Fsp3) is 0.240. The minimum absolute atomic E-state index is 0.268. The van der Waals surface area contributed by atoms with Gasteiger partial charge in [0.05, 0.1) is 28.3 Å². The van der Waals surface area contributed by atoms with Crippen molar-refractivity contribution in [3.05, 3.63) is 75.9 Å². The second-order valence-corrected chi connectivity index (χ2v) is 8.85. The summed E-state index contributed by atoms with van der Waals surface area (Å²) < 4.78 is 0.968. The molecule has 2 amide bonds. The molecule has 1 fully saturated rings. The number of hydrogen-bond acceptors (Lipinski definition) is 4. The quantitative estimate of drug-likeness (QED) is 0.514. The molecule has 0 aliphatic carbocycles. The zero-order valence-electron chi connectivity index (χ0n) is 17.9. The van der Waals surface area contributed by atoms with Crippen LogP contribution in [0.3, 0.4) is 0 Å². The van der Waals surface area contributed by atoms with Crippen molar-refractivity contribution in [1.29, 1.82) is 0 Å². The Kier molecular flexibility index (Phi) is 6.55. The molecule has 1 aromatic heterocycles. The highest BCUT2D eigenvalue weighted by molar-refractivity contribution is 9.10. The minimum atomic E-state index is -0.526. The maximum atomic E-state index is 13.2. The van der Waals surface area contributed by atoms with Crippen molar-refractivity contribution < 1.29 is 9.59 Å². The van der Waals surface area contributed by atoms with Gasteiger partial charge < -0.3 is 16.0 Å². The molecule has 164 valence electrons. The van der Waals surface area contributed by atoms with Crippen molar-refractivity contribution in [2.45, 2.75) is 26.2 Å². The molecule has 0 radical (unpaired) electrons. The maximum Gasteiger partial charge on any atom is 0.257 e. The summed E-state index contributed by atoms with van der Waals surface area (Å²) in [7, 11) is 0. The Morgan fingerprint density at radius 1 is 1.03 bits per heavy atom. The summed E-state index contributed by atoms with van der Waals surface area (Å²) in [6, 6.07) is 16.7. The van der Waals surface area contributed by atoms with Crippen LogP contribution in [0.2, 0.25) is 0 Å². The van der Waals surface area contributed by atoms with Crippen LogP contribution < -0.4 is 16.0 Å². The summed E-state index contributed by atoms with van der Waals surface area (Å²) in [4.78, 5) is 31.8. The van der Waals surface area contributed by atoms with Crippen LogP contribution in [0, 0.1) is 6.92 Å². The van der Waals surface area contributed by atoms with E-state index in [4.69, 9.17) is 5.73 Å². The summed E-state index contributed by atoms with van der Waals surface area (Å²) in [6.07, 6.45) is 3.41. The third-order valence-electron chi connectivity index (χ3n) is 5.68. The van der Waals surface area contributed by atoms with Crippen LogP contribution in [0.4, 0.5) is 11.4 Å². The van der Waals surface area contributed by atoms with E-state index < -0.39 is 5.91 Å². The van der Waals surface area contributed by atoms with Crippen LogP contribution in [0.25, 0.3) is 11.3 Å². The van der Waals surface area contributed by atoms with E-state index in [9.17, 15) is 9.59 Å². The van der Waals surface area contributed by atoms with Gasteiger partial charge in [-0.05, 0) is 68.7 Å². The first kappa shape index (κ1) is 22.0. The SMILES string of the molecule is Cc1nc(-c2cccc(Br)c2)ccc1C(=O)Nc1cc(C(N)=O)ccc1N1CCCCC1. The number of anilines is 2. The zero-order valence-corrected chi connectivity index (χ0v) is 19.5. The van der Waals surface area contributed by atoms with E-state index in [-0.39, 0.29) is 5.91 Å². The molecule has 32 heavy (non-hydrogen) atoms. The van der Waals surface area contributed by atoms with Crippen LogP contribution in [-0.2, 0) is 0 Å². The monoisotopic (exact) mass is 492 g/mol. The molecule has 0 spiro atoms. The number of carbonyl (C=O) groups excluding carboxylic acids is 2. The number of aromatic nitrogens is 1. The van der Waals surface area contributed by atoms with Crippen molar-refractivity contribution in [1.82, 2.24) is 4.98 Å². The summed E-state index contributed by atoms with van der Waals surface area (Å²) in [5, 5.41) is 2.99. The first-order valence-electron chi connectivity index (χ1n) is 10.7. The number of halogens is 1. The van der Waals surface area contributed by atoms with Crippen molar-refractivity contribution >= 4 is 39.1 Å². The molecule has 6 nitrogen and oxygen atoms in total. The lowest BCUT2D eigenvalue weighted by atomic mass is 10.1. The molecular weight excluding hydrogens is 468 g/mol. The molecule has 4 rings (SSSR count). The summed E-state index contributed by atoms with van der Waals surface area (Å²) in [6.45, 7) is 3.66. The lowest BCUT2D eigenvalue weighted by Crippen LogP contribution is -2.30. The molecule has 0 atom stereocenters. The number of hydrogen-bond donors (Lipinski definition) is 2. The van der Waals surface area contributed by atoms with Gasteiger partial charge in [-0.25, -0.2) is 0 Å². The lowest BCUT2D eigenvalue weighted by Gasteiger charge is -2.30. The minimum Gasteiger partial charge on any atom is -0.370 e. The molecule has 0 unspecified atom stereocenters. The van der Waals surface area contributed by atoms with E-state index in [1.165, 1.54) is 6.42 Å². The number of piperidine rings is 1. The van der Waals surface area contributed by atoms with Gasteiger partial charge in [0.15, 0.2) is 0 Å². The second-order valence-electron chi connectivity index (χ2n) is 7.94. The molecule has 1 saturated heterocycles. The number of benzene rings is 2. The van der Waals surface area contributed by atoms with Crippen LogP contribution >= 0.6 is 15.9 Å². The third-order valence-corrected chi connectivity index (χ3v) is 6.17. The Labute approximate surface area is 196 Å². The fourth-order valence-electron chi connectivity index (χ4n) is 4.00. The molecule has 2 aromatic carbocycles. The second kappa shape index (κ2) is 9.53. The molecule has 0 saturated carbocycles. The van der Waals surface area contributed by atoms with Crippen LogP contribution in [0.15, 0.2) is 59.1 Å². The largest absolute Gasteiger partial charge is 0.370 e. The first-order chi connectivity index (χ1) is 15.4. The molecule has 2 heterocycles. The van der Waals surface area contributed by atoms with Gasteiger partial charge in [0, 0.05) is 28.7 Å². The van der Waals surface area contributed by atoms with E-state index in [1.807, 2.05) is 43.3 Å². The number of amides is 2. The average molecular weight is 493 g/mol. The van der Waals surface area contributed by atoms with Crippen LogP contribution in [0.5, 0.6) is 0 Å². The third kappa shape index (κ3) is 4.83. The topological polar surface area (TPSA) is 88.3 Å². The molecule has 1 aliphatic rings. The number of primary amides is 1. The molecule has 3 aromatic rings. The van der Waals surface area contributed by atoms with Gasteiger partial charge in [0.25, 0.3) is 5.91 Å². The van der Waals surface area contributed by atoms with Gasteiger partial charge in [-0.1, -0.05) is 28.1 Å². The van der Waals surface area contributed by atoms with Crippen molar-refractivity contribution in [2.24, 2.45) is 5.73 Å². The number of nitrogens with one attached hydrogen (secondary N) is 1. The normalized spacial score (nSPS) is 13.6. The van der Waals surface area contributed by atoms with E-state index in [0.717, 1.165) is 47.3 Å². The highest BCUT2D eigenvalue weighted by atomic mass is 79.9. The predicted octanol–water partition coefficient (Wildman–Crippen LogP) is 5.16. The van der Waals surface area contributed by atoms with Gasteiger partial charge in [-0.2, -0.15) is 0 Å². The van der Waals surface area contributed by atoms with Crippen molar-refractivity contribution in [2.75, 3.05) is 23.3 Å². The van der Waals surface area contributed by atoms with E-state index in [0.29, 0.717) is 22.5 Å². The Morgan fingerprint density at radius 2 is 1.81 bits per heavy atom. The molecule has 7 heteroatoms. The maximum absolute atomic E-state index is 13.2. The molecular formula is C25H25BrN4O2. The highest BCUT2D eigenvalue weighted by Crippen LogP contribution is 2.30. The molecule has 1 aliphatic heterocycles. The fourth-order valence-corrected chi connectivity index (χ4v) is 4.40. The Morgan fingerprint density at radius 3 is 2.50 bits per heavy atom. The van der Waals surface area contributed by atoms with Gasteiger partial charge in [0.1, 0.15) is 0 Å². The van der Waals surface area contributed by atoms with Gasteiger partial charge in [0.2, 0.25) is 5.91 Å². The molecule has 3 N–H and O–H groups in total. The smallest absolute Gasteiger partial charge is 0.257 e. The predicted molar refractivity (Wildman–Crippen MR) is 131 cm³/mol. The van der Waals surface area contributed by atoms with Crippen molar-refractivity contribution in [3.63, 3.8) is 0 Å². The Hall–Kier alpha value is -3.19. The van der Waals surface area contributed by atoms with Crippen LogP contribution in [-0.4, -0.2) is 29.9 Å². The Balaban J connectivity index is 1.63. The number of aryl methyl sites for hydroxylation is 1. The number of rotatable bonds is 5. The summed E-state index contributed by atoms with van der Waals surface area (Å²) in [5.74, 6) is -0.794. The van der Waals surface area contributed by atoms with E-state index in [2.05, 4.69) is 31.1 Å². The zero-order chi connectivity index (χ0) is 22.7. The first-order valence-corrected chi connectivity index (χ1v) is 11.5. The summed E-state index contributed by atoms with van der Waals surface area (Å²) >= 11 is 3.48. The van der Waals surface area contributed by atoms with E-state index >= 15 is 0 Å². The van der Waals surface area contributed by atoms with Gasteiger partial charge >= 0.3 is 0 Å². The number of pyridine rings is 1. The number of nitrogens with two attached hydrogens (primary N) is 1. The molecule has 0 bridgehead atoms. The average Bonchev–Trinajstić information content (AvgIpc) is 2.79. The van der Waals surface area contributed by atoms with E-state index in [1.54, 1.807) is 18.2 Å². The number of nitrogens with zero attached hydrogens (tertiary/aromatic N) is 2. The van der Waals surface area contributed by atoms with Crippen LogP contribution in [0.1, 0.15) is 45.7 Å². The standard InChI is InChI=1S/C25H25BrN4O2/c1-16-20(9-10-21(28-16)17-6-5-7-19(26)14-17)25(32)29-22-15-18(24(27)31)8-11-23(22)30-12-3-2-4-13-30/h5-11,14-15H,2-4,12-13H2,1H3,(H2,27,31)(H,29,32). The van der Waals surface area contributed by atoms with Gasteiger partial charge in [-0.3, -0.25) is 14.6 Å². The Bertz CT molecular complexity index is 1170. The number of carbonyl (C=O) groups is 2. The summed E-state index contributed by atoms with van der Waals surface area (Å²) in [5.41, 5.74) is 10.2. The van der Waals surface area contributed by atoms with Crippen molar-refractivity contribution in [3.8, 4) is 11.3 Å². The van der Waals surface area contributed by atoms with Gasteiger partial charge in [-0.15, -0.1) is 0 Å².